The molecule has 1 aromatic carbocycles. The van der Waals surface area contributed by atoms with Crippen LogP contribution in [0.3, 0.4) is 0 Å². The monoisotopic (exact) mass is 297 g/mol. The molecule has 1 atom stereocenters. The molecule has 0 saturated carbocycles. The van der Waals surface area contributed by atoms with Crippen LogP contribution in [-0.2, 0) is 16.1 Å². The summed E-state index contributed by atoms with van der Waals surface area (Å²) in [5, 5.41) is 5.19. The number of aromatic nitrogens is 1. The van der Waals surface area contributed by atoms with E-state index in [1.165, 1.54) is 0 Å². The Labute approximate surface area is 129 Å². The zero-order valence-corrected chi connectivity index (χ0v) is 12.5. The number of nitrogens with one attached hydrogen (secondary N) is 2. The van der Waals surface area contributed by atoms with Crippen LogP contribution >= 0.6 is 0 Å². The van der Waals surface area contributed by atoms with E-state index in [-0.39, 0.29) is 12.5 Å². The van der Waals surface area contributed by atoms with Crippen molar-refractivity contribution in [3.8, 4) is 0 Å². The van der Waals surface area contributed by atoms with Gasteiger partial charge in [0.05, 0.1) is 12.2 Å². The molecule has 0 aliphatic carbocycles. The van der Waals surface area contributed by atoms with Gasteiger partial charge in [-0.2, -0.15) is 0 Å². The lowest BCUT2D eigenvalue weighted by Crippen LogP contribution is -2.40. The van der Waals surface area contributed by atoms with Gasteiger partial charge in [0.15, 0.2) is 0 Å². The van der Waals surface area contributed by atoms with E-state index < -0.39 is 11.8 Å². The van der Waals surface area contributed by atoms with Crippen molar-refractivity contribution in [1.29, 1.82) is 0 Å². The van der Waals surface area contributed by atoms with E-state index in [4.69, 9.17) is 0 Å². The van der Waals surface area contributed by atoms with Gasteiger partial charge in [0.1, 0.15) is 0 Å². The van der Waals surface area contributed by atoms with Crippen LogP contribution in [0.4, 0.5) is 0 Å². The first-order valence-corrected chi connectivity index (χ1v) is 7.17. The summed E-state index contributed by atoms with van der Waals surface area (Å²) < 4.78 is 0. The number of carbonyl (C=O) groups is 2. The van der Waals surface area contributed by atoms with Gasteiger partial charge in [-0.1, -0.05) is 43.3 Å². The van der Waals surface area contributed by atoms with Gasteiger partial charge >= 0.3 is 11.8 Å². The molecule has 0 radical (unpaired) electrons. The van der Waals surface area contributed by atoms with E-state index >= 15 is 0 Å². The number of benzene rings is 1. The second-order valence-electron chi connectivity index (χ2n) is 5.03. The first-order chi connectivity index (χ1) is 10.7. The Hall–Kier alpha value is -2.69. The number of nitrogens with zero attached hydrogens (tertiary/aromatic N) is 1. The molecule has 0 aliphatic heterocycles. The van der Waals surface area contributed by atoms with Crippen LogP contribution in [0, 0.1) is 0 Å². The summed E-state index contributed by atoms with van der Waals surface area (Å²) in [6.07, 6.45) is 1.64. The highest BCUT2D eigenvalue weighted by Gasteiger charge is 2.14. The predicted molar refractivity (Wildman–Crippen MR) is 84.0 cm³/mol. The second-order valence-corrected chi connectivity index (χ2v) is 5.03. The van der Waals surface area contributed by atoms with Gasteiger partial charge in [0.2, 0.25) is 0 Å². The van der Waals surface area contributed by atoms with E-state index in [1.807, 2.05) is 43.3 Å². The standard InChI is InChI=1S/C17H19N3O2/c1-13(14-7-3-2-4-8-14)11-19-16(21)17(22)20-12-15-9-5-6-10-18-15/h2-10,13H,11-12H2,1H3,(H,19,21)(H,20,22)/t13-/m0/s1. The lowest BCUT2D eigenvalue weighted by atomic mass is 10.0. The number of hydrogen-bond donors (Lipinski definition) is 2. The molecule has 0 bridgehead atoms. The minimum Gasteiger partial charge on any atom is -0.347 e. The fourth-order valence-electron chi connectivity index (χ4n) is 1.98. The van der Waals surface area contributed by atoms with Crippen molar-refractivity contribution >= 4 is 11.8 Å². The van der Waals surface area contributed by atoms with Crippen LogP contribution in [0.5, 0.6) is 0 Å². The Morgan fingerprint density at radius 2 is 1.68 bits per heavy atom. The molecule has 114 valence electrons. The normalized spacial score (nSPS) is 11.5. The average Bonchev–Trinajstić information content (AvgIpc) is 2.58. The zero-order valence-electron chi connectivity index (χ0n) is 12.5. The molecule has 22 heavy (non-hydrogen) atoms. The Morgan fingerprint density at radius 1 is 1.00 bits per heavy atom. The molecule has 2 aromatic rings. The Bertz CT molecular complexity index is 614. The van der Waals surface area contributed by atoms with Crippen molar-refractivity contribution in [3.63, 3.8) is 0 Å². The van der Waals surface area contributed by atoms with E-state index in [9.17, 15) is 9.59 Å². The molecule has 0 aliphatic rings. The molecule has 0 spiro atoms. The van der Waals surface area contributed by atoms with E-state index in [0.717, 1.165) is 5.56 Å². The molecule has 0 fully saturated rings. The summed E-state index contributed by atoms with van der Waals surface area (Å²) in [6, 6.07) is 15.3. The SMILES string of the molecule is C[C@@H](CNC(=O)C(=O)NCc1ccccn1)c1ccccc1. The van der Waals surface area contributed by atoms with Crippen LogP contribution < -0.4 is 10.6 Å². The van der Waals surface area contributed by atoms with Crippen molar-refractivity contribution < 1.29 is 9.59 Å². The van der Waals surface area contributed by atoms with Crippen molar-refractivity contribution in [2.75, 3.05) is 6.54 Å². The topological polar surface area (TPSA) is 71.1 Å². The van der Waals surface area contributed by atoms with E-state index in [2.05, 4.69) is 15.6 Å². The van der Waals surface area contributed by atoms with E-state index in [0.29, 0.717) is 12.2 Å². The summed E-state index contributed by atoms with van der Waals surface area (Å²) in [6.45, 7) is 2.66. The van der Waals surface area contributed by atoms with Gasteiger partial charge in [-0.15, -0.1) is 0 Å². The number of carbonyl (C=O) groups excluding carboxylic acids is 2. The third-order valence-electron chi connectivity index (χ3n) is 3.30. The molecule has 0 saturated heterocycles. The smallest absolute Gasteiger partial charge is 0.309 e. The molecule has 2 amide bonds. The average molecular weight is 297 g/mol. The lowest BCUT2D eigenvalue weighted by molar-refractivity contribution is -0.139. The molecule has 1 heterocycles. The maximum atomic E-state index is 11.8. The van der Waals surface area contributed by atoms with Crippen LogP contribution in [0.1, 0.15) is 24.1 Å². The minimum atomic E-state index is -0.647. The number of amides is 2. The Balaban J connectivity index is 1.76. The minimum absolute atomic E-state index is 0.147. The number of pyridine rings is 1. The summed E-state index contributed by atoms with van der Waals surface area (Å²) >= 11 is 0. The maximum Gasteiger partial charge on any atom is 0.309 e. The summed E-state index contributed by atoms with van der Waals surface area (Å²) in [5.74, 6) is -1.13. The van der Waals surface area contributed by atoms with Crippen LogP contribution in [0.2, 0.25) is 0 Å². The summed E-state index contributed by atoms with van der Waals surface area (Å²) in [4.78, 5) is 27.5. The molecular weight excluding hydrogens is 278 g/mol. The zero-order chi connectivity index (χ0) is 15.8. The van der Waals surface area contributed by atoms with Crippen molar-refractivity contribution in [1.82, 2.24) is 15.6 Å². The van der Waals surface area contributed by atoms with Crippen molar-refractivity contribution in [2.45, 2.75) is 19.4 Å². The Kier molecular flexibility index (Phi) is 5.65. The molecular formula is C17H19N3O2. The summed E-state index contributed by atoms with van der Waals surface area (Å²) in [5.41, 5.74) is 1.83. The first-order valence-electron chi connectivity index (χ1n) is 7.17. The second kappa shape index (κ2) is 7.93. The lowest BCUT2D eigenvalue weighted by Gasteiger charge is -2.12. The third-order valence-corrected chi connectivity index (χ3v) is 3.30. The van der Waals surface area contributed by atoms with Gasteiger partial charge in [-0.25, -0.2) is 0 Å². The number of rotatable bonds is 5. The molecule has 5 nitrogen and oxygen atoms in total. The van der Waals surface area contributed by atoms with Gasteiger partial charge in [-0.3, -0.25) is 14.6 Å². The van der Waals surface area contributed by atoms with Crippen LogP contribution in [0.25, 0.3) is 0 Å². The van der Waals surface area contributed by atoms with Gasteiger partial charge in [0, 0.05) is 12.7 Å². The van der Waals surface area contributed by atoms with Gasteiger partial charge in [-0.05, 0) is 23.6 Å². The fourth-order valence-corrected chi connectivity index (χ4v) is 1.98. The quantitative estimate of drug-likeness (QED) is 0.824. The first kappa shape index (κ1) is 15.7. The van der Waals surface area contributed by atoms with Gasteiger partial charge < -0.3 is 10.6 Å². The maximum absolute atomic E-state index is 11.8. The van der Waals surface area contributed by atoms with Gasteiger partial charge in [0.25, 0.3) is 0 Å². The molecule has 2 rings (SSSR count). The van der Waals surface area contributed by atoms with Crippen molar-refractivity contribution in [3.05, 3.63) is 66.0 Å². The number of hydrogen-bond acceptors (Lipinski definition) is 3. The molecule has 2 N–H and O–H groups in total. The molecule has 5 heteroatoms. The highest BCUT2D eigenvalue weighted by Crippen LogP contribution is 2.12. The highest BCUT2D eigenvalue weighted by atomic mass is 16.2. The fraction of sp³-hybridized carbons (Fsp3) is 0.235. The largest absolute Gasteiger partial charge is 0.347 e. The van der Waals surface area contributed by atoms with Crippen LogP contribution in [-0.4, -0.2) is 23.3 Å². The summed E-state index contributed by atoms with van der Waals surface area (Å²) in [7, 11) is 0. The van der Waals surface area contributed by atoms with E-state index in [1.54, 1.807) is 18.3 Å². The van der Waals surface area contributed by atoms with Crippen LogP contribution in [0.15, 0.2) is 54.7 Å². The highest BCUT2D eigenvalue weighted by molar-refractivity contribution is 6.35. The molecule has 0 unspecified atom stereocenters. The third kappa shape index (κ3) is 4.70. The van der Waals surface area contributed by atoms with Crippen molar-refractivity contribution in [2.24, 2.45) is 0 Å². The Morgan fingerprint density at radius 3 is 2.36 bits per heavy atom. The predicted octanol–water partition coefficient (Wildman–Crippen LogP) is 1.62. The molecule has 1 aromatic heterocycles.